The summed E-state index contributed by atoms with van der Waals surface area (Å²) >= 11 is 0. The fraction of sp³-hybridized carbons (Fsp3) is 0.375. The van der Waals surface area contributed by atoms with Crippen LogP contribution in [0.3, 0.4) is 0 Å². The van der Waals surface area contributed by atoms with Crippen LogP contribution in [0.5, 0.6) is 0 Å². The molecule has 0 atom stereocenters. The van der Waals surface area contributed by atoms with Gasteiger partial charge >= 0.3 is 5.97 Å². The van der Waals surface area contributed by atoms with Crippen molar-refractivity contribution in [2.24, 2.45) is 0 Å². The van der Waals surface area contributed by atoms with Crippen molar-refractivity contribution in [1.82, 2.24) is 15.5 Å². The average molecular weight is 212 g/mol. The molecule has 0 aliphatic carbocycles. The Bertz CT molecular complexity index is 361. The number of hydrogen-bond donors (Lipinski definition) is 3. The van der Waals surface area contributed by atoms with Crippen molar-refractivity contribution in [3.63, 3.8) is 0 Å². The van der Waals surface area contributed by atoms with Gasteiger partial charge in [0.1, 0.15) is 11.5 Å². The summed E-state index contributed by atoms with van der Waals surface area (Å²) in [6.07, 6.45) is 0.131. The van der Waals surface area contributed by atoms with E-state index in [1.165, 1.54) is 13.2 Å². The first-order chi connectivity index (χ1) is 7.13. The van der Waals surface area contributed by atoms with Crippen molar-refractivity contribution in [1.29, 1.82) is 0 Å². The van der Waals surface area contributed by atoms with E-state index < -0.39 is 0 Å². The number of hydrogen-bond acceptors (Lipinski definition) is 5. The van der Waals surface area contributed by atoms with Crippen LogP contribution in [0.4, 0.5) is 5.82 Å². The number of carbonyl (C=O) groups excluding carboxylic acids is 2. The fourth-order valence-corrected chi connectivity index (χ4v) is 0.929. The number of nitrogens with two attached hydrogens (primary N) is 1. The number of carbonyl (C=O) groups is 2. The molecule has 0 spiro atoms. The molecular weight excluding hydrogens is 200 g/mol. The van der Waals surface area contributed by atoms with E-state index in [-0.39, 0.29) is 36.4 Å². The molecule has 0 radical (unpaired) electrons. The number of esters is 1. The lowest BCUT2D eigenvalue weighted by atomic mass is 10.3. The van der Waals surface area contributed by atoms with Gasteiger partial charge in [-0.05, 0) is 0 Å². The number of nitrogen functional groups attached to an aromatic ring is 1. The maximum absolute atomic E-state index is 11.3. The molecule has 0 fully saturated rings. The van der Waals surface area contributed by atoms with Gasteiger partial charge in [-0.3, -0.25) is 14.7 Å². The Morgan fingerprint density at radius 2 is 2.40 bits per heavy atom. The third-order valence-electron chi connectivity index (χ3n) is 1.68. The van der Waals surface area contributed by atoms with E-state index in [0.29, 0.717) is 0 Å². The molecule has 0 bridgehead atoms. The van der Waals surface area contributed by atoms with Gasteiger partial charge in [0.25, 0.3) is 5.91 Å². The smallest absolute Gasteiger partial charge is 0.307 e. The van der Waals surface area contributed by atoms with Crippen LogP contribution in [-0.4, -0.2) is 35.7 Å². The van der Waals surface area contributed by atoms with Gasteiger partial charge in [-0.2, -0.15) is 5.10 Å². The Hall–Kier alpha value is -2.05. The van der Waals surface area contributed by atoms with Crippen LogP contribution >= 0.6 is 0 Å². The molecule has 0 saturated heterocycles. The molecule has 15 heavy (non-hydrogen) atoms. The highest BCUT2D eigenvalue weighted by atomic mass is 16.5. The van der Waals surface area contributed by atoms with Crippen LogP contribution in [-0.2, 0) is 9.53 Å². The van der Waals surface area contributed by atoms with Crippen LogP contribution in [0.2, 0.25) is 0 Å². The van der Waals surface area contributed by atoms with E-state index >= 15 is 0 Å². The molecule has 0 aliphatic heterocycles. The van der Waals surface area contributed by atoms with Crippen LogP contribution in [0.25, 0.3) is 0 Å². The summed E-state index contributed by atoms with van der Waals surface area (Å²) in [5.41, 5.74) is 5.58. The Labute approximate surface area is 86.0 Å². The number of aromatic nitrogens is 2. The van der Waals surface area contributed by atoms with Gasteiger partial charge in [0, 0.05) is 12.6 Å². The first-order valence-corrected chi connectivity index (χ1v) is 4.29. The molecule has 1 amide bonds. The normalized spacial score (nSPS) is 9.67. The number of ether oxygens (including phenoxy) is 1. The first-order valence-electron chi connectivity index (χ1n) is 4.29. The molecule has 4 N–H and O–H groups in total. The monoisotopic (exact) mass is 212 g/mol. The summed E-state index contributed by atoms with van der Waals surface area (Å²) in [5, 5.41) is 8.56. The first kappa shape index (κ1) is 11.0. The molecule has 7 heteroatoms. The van der Waals surface area contributed by atoms with Gasteiger partial charge in [-0.1, -0.05) is 0 Å². The second-order valence-electron chi connectivity index (χ2n) is 2.79. The highest BCUT2D eigenvalue weighted by Crippen LogP contribution is 1.99. The lowest BCUT2D eigenvalue weighted by molar-refractivity contribution is -0.140. The van der Waals surface area contributed by atoms with Crippen LogP contribution in [0.15, 0.2) is 6.07 Å². The topological polar surface area (TPSA) is 110 Å². The second-order valence-corrected chi connectivity index (χ2v) is 2.79. The second kappa shape index (κ2) is 4.99. The lowest BCUT2D eigenvalue weighted by Gasteiger charge is -2.01. The molecule has 0 unspecified atom stereocenters. The minimum Gasteiger partial charge on any atom is -0.469 e. The highest BCUT2D eigenvalue weighted by molar-refractivity contribution is 5.93. The Morgan fingerprint density at radius 1 is 1.67 bits per heavy atom. The minimum atomic E-state index is -0.376. The zero-order valence-corrected chi connectivity index (χ0v) is 8.24. The Balaban J connectivity index is 2.34. The van der Waals surface area contributed by atoms with E-state index in [2.05, 4.69) is 20.3 Å². The molecule has 7 nitrogen and oxygen atoms in total. The van der Waals surface area contributed by atoms with Crippen molar-refractivity contribution >= 4 is 17.7 Å². The maximum atomic E-state index is 11.3. The zero-order chi connectivity index (χ0) is 11.3. The van der Waals surface area contributed by atoms with Crippen LogP contribution in [0.1, 0.15) is 16.9 Å². The predicted molar refractivity (Wildman–Crippen MR) is 52.0 cm³/mol. The zero-order valence-electron chi connectivity index (χ0n) is 8.24. The summed E-state index contributed by atoms with van der Waals surface area (Å²) in [6.45, 7) is 0.213. The van der Waals surface area contributed by atoms with Gasteiger partial charge in [0.2, 0.25) is 0 Å². The quantitative estimate of drug-likeness (QED) is 0.571. The van der Waals surface area contributed by atoms with Gasteiger partial charge < -0.3 is 15.8 Å². The number of anilines is 1. The predicted octanol–water partition coefficient (Wildman–Crippen LogP) is -0.715. The summed E-state index contributed by atoms with van der Waals surface area (Å²) in [7, 11) is 1.29. The number of nitrogens with zero attached hydrogens (tertiary/aromatic N) is 1. The van der Waals surface area contributed by atoms with Crippen molar-refractivity contribution < 1.29 is 14.3 Å². The van der Waals surface area contributed by atoms with Crippen LogP contribution < -0.4 is 11.1 Å². The minimum absolute atomic E-state index is 0.131. The molecule has 1 rings (SSSR count). The summed E-state index contributed by atoms with van der Waals surface area (Å²) in [6, 6.07) is 1.41. The standard InChI is InChI=1S/C8H12N4O3/c1-15-7(13)2-3-10-8(14)5-4-6(9)12-11-5/h4H,2-3H2,1H3,(H,10,14)(H3,9,11,12). The molecule has 1 aromatic heterocycles. The van der Waals surface area contributed by atoms with E-state index in [4.69, 9.17) is 5.73 Å². The molecule has 0 aliphatic rings. The van der Waals surface area contributed by atoms with E-state index in [1.807, 2.05) is 0 Å². The summed E-state index contributed by atoms with van der Waals surface area (Å²) in [5.74, 6) is -0.490. The molecule has 0 aromatic carbocycles. The summed E-state index contributed by atoms with van der Waals surface area (Å²) < 4.78 is 4.41. The maximum Gasteiger partial charge on any atom is 0.307 e. The van der Waals surface area contributed by atoms with Gasteiger partial charge in [0.05, 0.1) is 13.5 Å². The Morgan fingerprint density at radius 3 is 2.93 bits per heavy atom. The molecule has 1 heterocycles. The number of rotatable bonds is 4. The van der Waals surface area contributed by atoms with Gasteiger partial charge in [0.15, 0.2) is 0 Å². The molecular formula is C8H12N4O3. The number of amides is 1. The van der Waals surface area contributed by atoms with Crippen molar-refractivity contribution in [3.05, 3.63) is 11.8 Å². The number of H-pyrrole nitrogens is 1. The molecule has 82 valence electrons. The summed E-state index contributed by atoms with van der Waals surface area (Å²) in [4.78, 5) is 22.1. The van der Waals surface area contributed by atoms with E-state index in [1.54, 1.807) is 0 Å². The van der Waals surface area contributed by atoms with Crippen molar-refractivity contribution in [3.8, 4) is 0 Å². The largest absolute Gasteiger partial charge is 0.469 e. The van der Waals surface area contributed by atoms with Gasteiger partial charge in [-0.25, -0.2) is 0 Å². The number of nitrogens with one attached hydrogen (secondary N) is 2. The van der Waals surface area contributed by atoms with Crippen molar-refractivity contribution in [2.45, 2.75) is 6.42 Å². The van der Waals surface area contributed by atoms with Crippen molar-refractivity contribution in [2.75, 3.05) is 19.4 Å². The average Bonchev–Trinajstić information content (AvgIpc) is 2.64. The third kappa shape index (κ3) is 3.29. The van der Waals surface area contributed by atoms with E-state index in [0.717, 1.165) is 0 Å². The lowest BCUT2D eigenvalue weighted by Crippen LogP contribution is -2.26. The van der Waals surface area contributed by atoms with E-state index in [9.17, 15) is 9.59 Å². The highest BCUT2D eigenvalue weighted by Gasteiger charge is 2.08. The number of methoxy groups -OCH3 is 1. The molecule has 1 aromatic rings. The molecule has 0 saturated carbocycles. The number of aromatic amines is 1. The Kier molecular flexibility index (Phi) is 3.67. The SMILES string of the molecule is COC(=O)CCNC(=O)c1cc(N)n[nH]1. The van der Waals surface area contributed by atoms with Crippen LogP contribution in [0, 0.1) is 0 Å². The third-order valence-corrected chi connectivity index (χ3v) is 1.68. The fourth-order valence-electron chi connectivity index (χ4n) is 0.929. The van der Waals surface area contributed by atoms with Gasteiger partial charge in [-0.15, -0.1) is 0 Å².